The lowest BCUT2D eigenvalue weighted by molar-refractivity contribution is 0.506. The van der Waals surface area contributed by atoms with Gasteiger partial charge < -0.3 is 0 Å². The molecule has 1 aromatic rings. The Bertz CT molecular complexity index is 311. The number of benzene rings is 1. The van der Waals surface area contributed by atoms with Crippen LogP contribution in [0.15, 0.2) is 24.3 Å². The van der Waals surface area contributed by atoms with Gasteiger partial charge in [-0.05, 0) is 35.3 Å². The van der Waals surface area contributed by atoms with Crippen molar-refractivity contribution in [3.05, 3.63) is 35.4 Å². The number of hydrogen-bond donors (Lipinski definition) is 0. The Labute approximate surface area is 109 Å². The predicted octanol–water partition coefficient (Wildman–Crippen LogP) is 4.95. The molecule has 0 aliphatic rings. The lowest BCUT2D eigenvalue weighted by atomic mass is 9.82. The van der Waals surface area contributed by atoms with Gasteiger partial charge in [-0.15, -0.1) is 0 Å². The summed E-state index contributed by atoms with van der Waals surface area (Å²) in [5.41, 5.74) is 3.20. The molecule has 0 spiro atoms. The largest absolute Gasteiger partial charge is 0.0925 e. The number of alkyl halides is 1. The second-order valence-corrected chi connectivity index (χ2v) is 6.05. The molecule has 1 unspecified atom stereocenters. The van der Waals surface area contributed by atoms with Gasteiger partial charge >= 0.3 is 0 Å². The van der Waals surface area contributed by atoms with E-state index in [1.54, 1.807) is 0 Å². The van der Waals surface area contributed by atoms with Crippen molar-refractivity contribution in [1.82, 2.24) is 0 Å². The predicted molar refractivity (Wildman–Crippen MR) is 76.4 cm³/mol. The van der Waals surface area contributed by atoms with E-state index < -0.39 is 0 Å². The fourth-order valence-corrected chi connectivity index (χ4v) is 1.98. The summed E-state index contributed by atoms with van der Waals surface area (Å²) in [7, 11) is 0. The first-order chi connectivity index (χ1) is 7.49. The van der Waals surface area contributed by atoms with E-state index in [0.717, 1.165) is 11.8 Å². The van der Waals surface area contributed by atoms with Crippen molar-refractivity contribution in [2.24, 2.45) is 5.92 Å². The lowest BCUT2D eigenvalue weighted by Gasteiger charge is -2.23. The highest BCUT2D eigenvalue weighted by Crippen LogP contribution is 2.27. The second-order valence-electron chi connectivity index (χ2n) is 5.40. The molecule has 0 saturated heterocycles. The van der Waals surface area contributed by atoms with E-state index in [4.69, 9.17) is 0 Å². The van der Waals surface area contributed by atoms with Crippen LogP contribution in [0.5, 0.6) is 0 Å². The summed E-state index contributed by atoms with van der Waals surface area (Å²) in [5, 5.41) is 1.08. The summed E-state index contributed by atoms with van der Waals surface area (Å²) >= 11 is 3.53. The van der Waals surface area contributed by atoms with Crippen LogP contribution in [0.2, 0.25) is 0 Å². The number of hydrogen-bond acceptors (Lipinski definition) is 0. The van der Waals surface area contributed by atoms with Crippen molar-refractivity contribution in [2.45, 2.75) is 46.0 Å². The van der Waals surface area contributed by atoms with E-state index >= 15 is 0 Å². The van der Waals surface area contributed by atoms with E-state index in [2.05, 4.69) is 67.9 Å². The smallest absolute Gasteiger partial charge is 0.00602 e. The van der Waals surface area contributed by atoms with Crippen molar-refractivity contribution >= 4 is 15.9 Å². The molecular weight excluding hydrogens is 260 g/mol. The van der Waals surface area contributed by atoms with Gasteiger partial charge in [-0.1, -0.05) is 67.9 Å². The monoisotopic (exact) mass is 282 g/mol. The minimum Gasteiger partial charge on any atom is -0.0925 e. The fraction of sp³-hybridized carbons (Fsp3) is 0.600. The Hall–Kier alpha value is -0.300. The summed E-state index contributed by atoms with van der Waals surface area (Å²) in [6.07, 6.45) is 2.35. The molecule has 0 heterocycles. The number of rotatable bonds is 5. The molecule has 0 nitrogen and oxygen atoms in total. The van der Waals surface area contributed by atoms with E-state index in [1.165, 1.54) is 17.5 Å². The highest BCUT2D eigenvalue weighted by Gasteiger charge is 2.17. The van der Waals surface area contributed by atoms with Crippen molar-refractivity contribution in [3.63, 3.8) is 0 Å². The maximum absolute atomic E-state index is 3.53. The van der Waals surface area contributed by atoms with Crippen molar-refractivity contribution in [3.8, 4) is 0 Å². The molecule has 1 atom stereocenters. The van der Waals surface area contributed by atoms with Gasteiger partial charge in [-0.2, -0.15) is 0 Å². The van der Waals surface area contributed by atoms with Gasteiger partial charge in [0.2, 0.25) is 0 Å². The minimum atomic E-state index is 0.305. The third-order valence-electron chi connectivity index (χ3n) is 3.47. The van der Waals surface area contributed by atoms with Crippen LogP contribution in [0.3, 0.4) is 0 Å². The Morgan fingerprint density at radius 3 is 2.19 bits per heavy atom. The topological polar surface area (TPSA) is 0 Å². The zero-order valence-corrected chi connectivity index (χ0v) is 12.5. The molecule has 1 heteroatoms. The summed E-state index contributed by atoms with van der Waals surface area (Å²) in [6, 6.07) is 9.15. The van der Waals surface area contributed by atoms with Crippen LogP contribution < -0.4 is 0 Å². The molecule has 1 aromatic carbocycles. The highest BCUT2D eigenvalue weighted by molar-refractivity contribution is 9.09. The van der Waals surface area contributed by atoms with Crippen molar-refractivity contribution in [2.75, 3.05) is 5.33 Å². The van der Waals surface area contributed by atoms with Gasteiger partial charge in [-0.25, -0.2) is 0 Å². The lowest BCUT2D eigenvalue weighted by Crippen LogP contribution is -2.15. The van der Waals surface area contributed by atoms with Gasteiger partial charge in [0.15, 0.2) is 0 Å². The maximum atomic E-state index is 3.53. The Morgan fingerprint density at radius 2 is 1.75 bits per heavy atom. The molecular formula is C15H23Br. The molecule has 0 amide bonds. The standard InChI is InChI=1S/C15H23Br/c1-5-15(3,4)14-8-6-13(7-9-14)10-12(2)11-16/h6-9,12H,5,10-11H2,1-4H3. The molecule has 0 bridgehead atoms. The zero-order chi connectivity index (χ0) is 12.2. The Kier molecular flexibility index (Phi) is 5.04. The first-order valence-corrected chi connectivity index (χ1v) is 7.27. The van der Waals surface area contributed by atoms with Gasteiger partial charge in [0, 0.05) is 5.33 Å². The van der Waals surface area contributed by atoms with E-state index in [1.807, 2.05) is 0 Å². The minimum absolute atomic E-state index is 0.305. The maximum Gasteiger partial charge on any atom is 0.00602 e. The average Bonchev–Trinajstić information content (AvgIpc) is 2.29. The molecule has 0 aliphatic carbocycles. The van der Waals surface area contributed by atoms with E-state index in [-0.39, 0.29) is 0 Å². The normalized spacial score (nSPS) is 13.8. The number of halogens is 1. The molecule has 16 heavy (non-hydrogen) atoms. The van der Waals surface area contributed by atoms with Gasteiger partial charge in [0.25, 0.3) is 0 Å². The van der Waals surface area contributed by atoms with Gasteiger partial charge in [0.1, 0.15) is 0 Å². The summed E-state index contributed by atoms with van der Waals surface area (Å²) < 4.78 is 0. The third kappa shape index (κ3) is 3.62. The average molecular weight is 283 g/mol. The van der Waals surface area contributed by atoms with Crippen molar-refractivity contribution < 1.29 is 0 Å². The van der Waals surface area contributed by atoms with Crippen molar-refractivity contribution in [1.29, 1.82) is 0 Å². The quantitative estimate of drug-likeness (QED) is 0.671. The van der Waals surface area contributed by atoms with Crippen LogP contribution in [0.4, 0.5) is 0 Å². The molecule has 0 fully saturated rings. The van der Waals surface area contributed by atoms with Crippen LogP contribution in [0.25, 0.3) is 0 Å². The first-order valence-electron chi connectivity index (χ1n) is 6.15. The molecule has 1 rings (SSSR count). The third-order valence-corrected chi connectivity index (χ3v) is 4.57. The highest BCUT2D eigenvalue weighted by atomic mass is 79.9. The molecule has 0 saturated carbocycles. The second kappa shape index (κ2) is 5.86. The molecule has 0 N–H and O–H groups in total. The van der Waals surface area contributed by atoms with Crippen LogP contribution in [-0.4, -0.2) is 5.33 Å². The fourth-order valence-electron chi connectivity index (χ4n) is 1.75. The van der Waals surface area contributed by atoms with Crippen LogP contribution in [0.1, 0.15) is 45.2 Å². The molecule has 0 radical (unpaired) electrons. The molecule has 0 aromatic heterocycles. The molecule has 0 aliphatic heterocycles. The van der Waals surface area contributed by atoms with E-state index in [9.17, 15) is 0 Å². The summed E-state index contributed by atoms with van der Waals surface area (Å²) in [5.74, 6) is 0.713. The Morgan fingerprint density at radius 1 is 1.19 bits per heavy atom. The SMILES string of the molecule is CCC(C)(C)c1ccc(CC(C)CBr)cc1. The summed E-state index contributed by atoms with van der Waals surface area (Å²) in [4.78, 5) is 0. The van der Waals surface area contributed by atoms with Gasteiger partial charge in [-0.3, -0.25) is 0 Å². The Balaban J connectivity index is 2.75. The summed E-state index contributed by atoms with van der Waals surface area (Å²) in [6.45, 7) is 9.14. The molecule has 90 valence electrons. The van der Waals surface area contributed by atoms with Gasteiger partial charge in [0.05, 0.1) is 0 Å². The van der Waals surface area contributed by atoms with E-state index in [0.29, 0.717) is 11.3 Å². The zero-order valence-electron chi connectivity index (χ0n) is 10.9. The van der Waals surface area contributed by atoms with Crippen LogP contribution >= 0.6 is 15.9 Å². The van der Waals surface area contributed by atoms with Crippen LogP contribution in [0, 0.1) is 5.92 Å². The van der Waals surface area contributed by atoms with Crippen LogP contribution in [-0.2, 0) is 11.8 Å². The first kappa shape index (κ1) is 13.8.